The van der Waals surface area contributed by atoms with Crippen LogP contribution in [0.5, 0.6) is 11.5 Å². The third-order valence-corrected chi connectivity index (χ3v) is 4.46. The van der Waals surface area contributed by atoms with Crippen LogP contribution in [0.4, 0.5) is 19.4 Å². The van der Waals surface area contributed by atoms with E-state index in [1.54, 1.807) is 23.2 Å². The van der Waals surface area contributed by atoms with Gasteiger partial charge in [0.05, 0.1) is 7.11 Å². The Morgan fingerprint density at radius 1 is 1.21 bits per heavy atom. The van der Waals surface area contributed by atoms with E-state index in [2.05, 4.69) is 19.9 Å². The van der Waals surface area contributed by atoms with Gasteiger partial charge in [0.2, 0.25) is 0 Å². The molecule has 1 saturated heterocycles. The summed E-state index contributed by atoms with van der Waals surface area (Å²) in [5.41, 5.74) is 0.446. The minimum absolute atomic E-state index is 0.0189. The Hall–Kier alpha value is -3.10. The van der Waals surface area contributed by atoms with Gasteiger partial charge in [-0.05, 0) is 24.3 Å². The summed E-state index contributed by atoms with van der Waals surface area (Å²) in [5, 5.41) is 2.76. The highest BCUT2D eigenvalue weighted by atomic mass is 19.3. The van der Waals surface area contributed by atoms with E-state index in [0.717, 1.165) is 5.82 Å². The Kier molecular flexibility index (Phi) is 6.46. The zero-order valence-corrected chi connectivity index (χ0v) is 15.5. The number of piperazine rings is 1. The van der Waals surface area contributed by atoms with Crippen molar-refractivity contribution in [3.63, 3.8) is 0 Å². The van der Waals surface area contributed by atoms with Crippen LogP contribution in [0, 0.1) is 0 Å². The van der Waals surface area contributed by atoms with Crippen LogP contribution in [0.1, 0.15) is 5.56 Å². The first-order chi connectivity index (χ1) is 13.6. The number of alkyl halides is 2. The number of ether oxygens (including phenoxy) is 2. The number of amides is 2. The molecule has 7 nitrogen and oxygen atoms in total. The molecule has 2 amide bonds. The lowest BCUT2D eigenvalue weighted by molar-refractivity contribution is -0.0505. The van der Waals surface area contributed by atoms with E-state index in [1.165, 1.54) is 13.2 Å². The molecule has 1 fully saturated rings. The number of nitrogens with zero attached hydrogens (tertiary/aromatic N) is 3. The van der Waals surface area contributed by atoms with E-state index in [1.807, 2.05) is 18.2 Å². The number of hydrogen-bond acceptors (Lipinski definition) is 5. The van der Waals surface area contributed by atoms with Gasteiger partial charge in [0, 0.05) is 50.6 Å². The molecular formula is C19H22F2N4O3. The van der Waals surface area contributed by atoms with Crippen LogP contribution >= 0.6 is 0 Å². The molecule has 1 N–H and O–H groups in total. The van der Waals surface area contributed by atoms with Gasteiger partial charge in [0.1, 0.15) is 17.3 Å². The number of carbonyl (C=O) groups excluding carboxylic acids is 1. The van der Waals surface area contributed by atoms with Gasteiger partial charge in [-0.15, -0.1) is 0 Å². The van der Waals surface area contributed by atoms with Crippen LogP contribution in [0.3, 0.4) is 0 Å². The molecule has 0 atom stereocenters. The van der Waals surface area contributed by atoms with E-state index < -0.39 is 6.61 Å². The molecule has 2 aromatic rings. The van der Waals surface area contributed by atoms with Crippen LogP contribution in [0.15, 0.2) is 42.6 Å². The number of halogens is 2. The Bertz CT molecular complexity index is 784. The Morgan fingerprint density at radius 2 is 2.00 bits per heavy atom. The normalized spacial score (nSPS) is 14.1. The van der Waals surface area contributed by atoms with Crippen LogP contribution in [-0.4, -0.2) is 55.8 Å². The first kappa shape index (κ1) is 19.7. The van der Waals surface area contributed by atoms with Crippen molar-refractivity contribution in [2.24, 2.45) is 0 Å². The molecule has 0 saturated carbocycles. The van der Waals surface area contributed by atoms with Gasteiger partial charge in [-0.2, -0.15) is 8.78 Å². The van der Waals surface area contributed by atoms with Crippen LogP contribution in [0.2, 0.25) is 0 Å². The second-order valence-corrected chi connectivity index (χ2v) is 6.17. The molecule has 2 heterocycles. The molecule has 1 aromatic heterocycles. The van der Waals surface area contributed by atoms with E-state index in [4.69, 9.17) is 4.74 Å². The first-order valence-corrected chi connectivity index (χ1v) is 8.87. The number of anilines is 1. The zero-order valence-electron chi connectivity index (χ0n) is 15.5. The smallest absolute Gasteiger partial charge is 0.387 e. The number of rotatable bonds is 6. The molecule has 0 bridgehead atoms. The summed E-state index contributed by atoms with van der Waals surface area (Å²) in [6, 6.07) is 10.1. The number of benzene rings is 1. The number of methoxy groups -OCH3 is 1. The second kappa shape index (κ2) is 9.20. The summed E-state index contributed by atoms with van der Waals surface area (Å²) in [4.78, 5) is 20.6. The van der Waals surface area contributed by atoms with Crippen LogP contribution in [0.25, 0.3) is 0 Å². The van der Waals surface area contributed by atoms with Gasteiger partial charge in [-0.25, -0.2) is 9.78 Å². The van der Waals surface area contributed by atoms with Crippen molar-refractivity contribution in [1.82, 2.24) is 15.2 Å². The number of hydrogen-bond donors (Lipinski definition) is 1. The fourth-order valence-corrected chi connectivity index (χ4v) is 2.98. The van der Waals surface area contributed by atoms with Crippen molar-refractivity contribution >= 4 is 11.8 Å². The predicted molar refractivity (Wildman–Crippen MR) is 99.9 cm³/mol. The number of pyridine rings is 1. The monoisotopic (exact) mass is 392 g/mol. The SMILES string of the molecule is COc1ccc(CNC(=O)N2CCN(c3ccccn3)CC2)c(OC(F)F)c1. The van der Waals surface area contributed by atoms with Crippen molar-refractivity contribution in [2.75, 3.05) is 38.2 Å². The average molecular weight is 392 g/mol. The van der Waals surface area contributed by atoms with Crippen molar-refractivity contribution < 1.29 is 23.0 Å². The summed E-state index contributed by atoms with van der Waals surface area (Å²) >= 11 is 0. The second-order valence-electron chi connectivity index (χ2n) is 6.17. The molecule has 0 unspecified atom stereocenters. The minimum atomic E-state index is -2.96. The highest BCUT2D eigenvalue weighted by molar-refractivity contribution is 5.74. The topological polar surface area (TPSA) is 66.9 Å². The Balaban J connectivity index is 1.55. The maximum atomic E-state index is 12.6. The standard InChI is InChI=1S/C19H22F2N4O3/c1-27-15-6-5-14(16(12-15)28-18(20)21)13-23-19(26)25-10-8-24(9-11-25)17-4-2-3-7-22-17/h2-7,12,18H,8-11,13H2,1H3,(H,23,26). The van der Waals surface area contributed by atoms with Crippen LogP contribution in [-0.2, 0) is 6.54 Å². The molecule has 28 heavy (non-hydrogen) atoms. The van der Waals surface area contributed by atoms with Crippen LogP contribution < -0.4 is 19.7 Å². The van der Waals surface area contributed by atoms with E-state index in [-0.39, 0.29) is 18.3 Å². The number of nitrogens with one attached hydrogen (secondary N) is 1. The number of urea groups is 1. The molecule has 0 radical (unpaired) electrons. The molecule has 1 aromatic carbocycles. The summed E-state index contributed by atoms with van der Waals surface area (Å²) in [6.45, 7) is -0.442. The molecule has 150 valence electrons. The third-order valence-electron chi connectivity index (χ3n) is 4.46. The fraction of sp³-hybridized carbons (Fsp3) is 0.368. The van der Waals surface area contributed by atoms with Gasteiger partial charge < -0.3 is 24.6 Å². The average Bonchev–Trinajstić information content (AvgIpc) is 2.73. The summed E-state index contributed by atoms with van der Waals surface area (Å²) in [7, 11) is 1.44. The van der Waals surface area contributed by atoms with Gasteiger partial charge in [0.15, 0.2) is 0 Å². The molecule has 0 aliphatic carbocycles. The summed E-state index contributed by atoms with van der Waals surface area (Å²) in [6.07, 6.45) is 1.74. The zero-order chi connectivity index (χ0) is 19.9. The first-order valence-electron chi connectivity index (χ1n) is 8.87. The molecular weight excluding hydrogens is 370 g/mol. The summed E-state index contributed by atoms with van der Waals surface area (Å²) in [5.74, 6) is 1.26. The molecule has 3 rings (SSSR count). The molecule has 1 aliphatic heterocycles. The molecule has 0 spiro atoms. The predicted octanol–water partition coefficient (Wildman–Crippen LogP) is 2.72. The quantitative estimate of drug-likeness (QED) is 0.819. The number of carbonyl (C=O) groups is 1. The minimum Gasteiger partial charge on any atom is -0.497 e. The van der Waals surface area contributed by atoms with E-state index in [9.17, 15) is 13.6 Å². The lowest BCUT2D eigenvalue weighted by atomic mass is 10.2. The van der Waals surface area contributed by atoms with Gasteiger partial charge in [-0.3, -0.25) is 0 Å². The lowest BCUT2D eigenvalue weighted by Gasteiger charge is -2.35. The van der Waals surface area contributed by atoms with E-state index >= 15 is 0 Å². The summed E-state index contributed by atoms with van der Waals surface area (Å²) < 4.78 is 34.8. The lowest BCUT2D eigenvalue weighted by Crippen LogP contribution is -2.51. The van der Waals surface area contributed by atoms with Gasteiger partial charge in [0.25, 0.3) is 0 Å². The van der Waals surface area contributed by atoms with Crippen molar-refractivity contribution in [3.05, 3.63) is 48.2 Å². The third kappa shape index (κ3) is 4.99. The van der Waals surface area contributed by atoms with E-state index in [0.29, 0.717) is 37.5 Å². The highest BCUT2D eigenvalue weighted by Crippen LogP contribution is 2.26. The van der Waals surface area contributed by atoms with Crippen molar-refractivity contribution in [3.8, 4) is 11.5 Å². The largest absolute Gasteiger partial charge is 0.497 e. The van der Waals surface area contributed by atoms with Crippen molar-refractivity contribution in [1.29, 1.82) is 0 Å². The Labute approximate surface area is 161 Å². The van der Waals surface area contributed by atoms with Gasteiger partial charge in [-0.1, -0.05) is 6.07 Å². The Morgan fingerprint density at radius 3 is 2.64 bits per heavy atom. The maximum Gasteiger partial charge on any atom is 0.387 e. The molecule has 1 aliphatic rings. The molecule has 9 heteroatoms. The maximum absolute atomic E-state index is 12.6. The fourth-order valence-electron chi connectivity index (χ4n) is 2.98. The van der Waals surface area contributed by atoms with Crippen molar-refractivity contribution in [2.45, 2.75) is 13.2 Å². The highest BCUT2D eigenvalue weighted by Gasteiger charge is 2.22. The van der Waals surface area contributed by atoms with Gasteiger partial charge >= 0.3 is 12.6 Å². The number of aromatic nitrogens is 1.